The Labute approximate surface area is 435 Å². The molecule has 2 aliphatic rings. The molecule has 3 N–H and O–H groups in total. The zero-order valence-corrected chi connectivity index (χ0v) is 43.0. The number of thiocarbonyl (C=S) groups is 1. The van der Waals surface area contributed by atoms with Gasteiger partial charge < -0.3 is 44.5 Å². The summed E-state index contributed by atoms with van der Waals surface area (Å²) in [4.78, 5) is 65.5. The van der Waals surface area contributed by atoms with E-state index in [0.29, 0.717) is 17.0 Å². The molecule has 2 fully saturated rings. The lowest BCUT2D eigenvalue weighted by atomic mass is 9.85. The Morgan fingerprint density at radius 2 is 1.60 bits per heavy atom. The van der Waals surface area contributed by atoms with Crippen molar-refractivity contribution in [2.24, 2.45) is 5.41 Å². The lowest BCUT2D eigenvalue weighted by Crippen LogP contribution is -2.58. The number of carbonyl (C=O) groups excluding carboxylic acids is 4. The van der Waals surface area contributed by atoms with Gasteiger partial charge in [0.25, 0.3) is 5.91 Å². The minimum Gasteiger partial charge on any atom is -0.475 e. The number of anilines is 2. The number of alkyl halides is 6. The van der Waals surface area contributed by atoms with Gasteiger partial charge in [0.05, 0.1) is 84.4 Å². The third-order valence-corrected chi connectivity index (χ3v) is 13.3. The van der Waals surface area contributed by atoms with E-state index < -0.39 is 123 Å². The Kier molecular flexibility index (Phi) is 18.3. The molecule has 2 aromatic heterocycles. The van der Waals surface area contributed by atoms with E-state index in [2.05, 4.69) is 20.6 Å². The standard InChI is InChI=1S/C49H53F7N8O9S2/c1-27-39(75-26-60-27)29-9-7-28(8-10-29)22-58-41(67)35-20-32(65)24-62(35)43(68)40(46(2,3)4)61-36(66)25-72-16-15-70-13-14-71-17-18-73-42-33(48(51,52)53)19-31(23-59-42)64-45(74)63(44(69)47(64,5)6)34-12-11-30(21-57)37(38(34)50)49(54,55)56/h7-12,19,23,26,32,35,40,65H,13-18,20,22,24-25H2,1-6H3,(H,58,67)(H,61,66)/t32-,35+,40-/m1/s1. The number of β-amino-alcohol motifs (C(OH)–C–C–N with tert-alkyl or cyclic N) is 1. The number of hydrogen-bond acceptors (Lipinski definition) is 14. The highest BCUT2D eigenvalue weighted by molar-refractivity contribution is 7.81. The van der Waals surface area contributed by atoms with Gasteiger partial charge >= 0.3 is 12.4 Å². The monoisotopic (exact) mass is 1090 g/mol. The van der Waals surface area contributed by atoms with Crippen LogP contribution >= 0.6 is 23.6 Å². The van der Waals surface area contributed by atoms with Crippen LogP contribution in [0.4, 0.5) is 42.1 Å². The third-order valence-electron chi connectivity index (χ3n) is 12.0. The summed E-state index contributed by atoms with van der Waals surface area (Å²) in [7, 11) is 0. The van der Waals surface area contributed by atoms with Crippen LogP contribution in [0.5, 0.6) is 5.88 Å². The lowest BCUT2D eigenvalue weighted by molar-refractivity contribution is -0.144. The first-order valence-electron chi connectivity index (χ1n) is 23.1. The number of aliphatic hydroxyl groups excluding tert-OH is 1. The lowest BCUT2D eigenvalue weighted by Gasteiger charge is -2.35. The summed E-state index contributed by atoms with van der Waals surface area (Å²) in [5.41, 5.74) is -3.92. The molecule has 404 valence electrons. The number of likely N-dealkylation sites (tertiary alicyclic amines) is 1. The van der Waals surface area contributed by atoms with Crippen molar-refractivity contribution in [3.63, 3.8) is 0 Å². The Bertz CT molecular complexity index is 2800. The molecule has 2 saturated heterocycles. The maximum atomic E-state index is 15.4. The second-order valence-electron chi connectivity index (χ2n) is 18.9. The summed E-state index contributed by atoms with van der Waals surface area (Å²) in [6.07, 6.45) is -10.5. The molecule has 3 atom stereocenters. The summed E-state index contributed by atoms with van der Waals surface area (Å²) in [5, 5.41) is 24.6. The van der Waals surface area contributed by atoms with Gasteiger partial charge in [-0.25, -0.2) is 14.4 Å². The SMILES string of the molecule is Cc1ncsc1-c1ccc(CNC(=O)[C@@H]2C[C@@H](O)CN2C(=O)[C@@H](NC(=O)COCCOCCOCCOc2ncc(N3C(=S)N(c4ccc(C#N)c(C(F)(F)F)c4F)C(=O)C3(C)C)cc2C(F)(F)F)C(C)(C)C)cc1. The molecule has 0 bridgehead atoms. The molecule has 4 amide bonds. The van der Waals surface area contributed by atoms with Crippen LogP contribution in [0.3, 0.4) is 0 Å². The zero-order chi connectivity index (χ0) is 55.2. The molecule has 0 spiro atoms. The fraction of sp³-hybridized carbons (Fsp3) is 0.469. The molecule has 2 aromatic carbocycles. The number of aryl methyl sites for hydroxylation is 1. The van der Waals surface area contributed by atoms with Gasteiger partial charge in [-0.3, -0.25) is 24.1 Å². The average molecular weight is 1100 g/mol. The molecule has 0 unspecified atom stereocenters. The van der Waals surface area contributed by atoms with Crippen molar-refractivity contribution in [1.29, 1.82) is 5.26 Å². The van der Waals surface area contributed by atoms with Gasteiger partial charge in [-0.05, 0) is 67.7 Å². The number of pyridine rings is 1. The van der Waals surface area contributed by atoms with Crippen LogP contribution in [0.1, 0.15) is 69.0 Å². The van der Waals surface area contributed by atoms with E-state index in [0.717, 1.165) is 38.9 Å². The molecule has 75 heavy (non-hydrogen) atoms. The van der Waals surface area contributed by atoms with Crippen molar-refractivity contribution in [1.82, 2.24) is 25.5 Å². The predicted molar refractivity (Wildman–Crippen MR) is 262 cm³/mol. The van der Waals surface area contributed by atoms with Crippen LogP contribution in [-0.4, -0.2) is 125 Å². The Morgan fingerprint density at radius 3 is 2.19 bits per heavy atom. The van der Waals surface area contributed by atoms with Gasteiger partial charge in [0.1, 0.15) is 42.0 Å². The van der Waals surface area contributed by atoms with Crippen molar-refractivity contribution < 1.29 is 74.0 Å². The second kappa shape index (κ2) is 23.7. The third kappa shape index (κ3) is 13.5. The van der Waals surface area contributed by atoms with Gasteiger partial charge in [-0.15, -0.1) is 11.3 Å². The van der Waals surface area contributed by atoms with Gasteiger partial charge in [0, 0.05) is 19.5 Å². The molecule has 17 nitrogen and oxygen atoms in total. The largest absolute Gasteiger partial charge is 0.475 e. The van der Waals surface area contributed by atoms with Gasteiger partial charge in [-0.2, -0.15) is 31.6 Å². The van der Waals surface area contributed by atoms with Gasteiger partial charge in [-0.1, -0.05) is 45.0 Å². The molecule has 2 aliphatic heterocycles. The zero-order valence-electron chi connectivity index (χ0n) is 41.4. The molecule has 0 saturated carbocycles. The number of ether oxygens (including phenoxy) is 4. The maximum absolute atomic E-state index is 15.4. The predicted octanol–water partition coefficient (Wildman–Crippen LogP) is 6.72. The van der Waals surface area contributed by atoms with Crippen molar-refractivity contribution in [2.45, 2.75) is 90.6 Å². The summed E-state index contributed by atoms with van der Waals surface area (Å²) >= 11 is 6.85. The molecular formula is C49H53F7N8O9S2. The number of nitriles is 1. The highest BCUT2D eigenvalue weighted by Crippen LogP contribution is 2.44. The summed E-state index contributed by atoms with van der Waals surface area (Å²) in [5.74, 6) is -5.54. The highest BCUT2D eigenvalue weighted by Gasteiger charge is 2.53. The van der Waals surface area contributed by atoms with E-state index in [4.69, 9.17) is 36.4 Å². The first-order chi connectivity index (χ1) is 35.2. The number of halogens is 7. The van der Waals surface area contributed by atoms with Gasteiger partial charge in [0.15, 0.2) is 10.9 Å². The number of aromatic nitrogens is 2. The second-order valence-corrected chi connectivity index (χ2v) is 20.1. The Hall–Kier alpha value is -6.37. The van der Waals surface area contributed by atoms with Crippen LogP contribution in [0.15, 0.2) is 54.2 Å². The van der Waals surface area contributed by atoms with Crippen LogP contribution < -0.4 is 25.2 Å². The quantitative estimate of drug-likeness (QED) is 0.0478. The van der Waals surface area contributed by atoms with Crippen molar-refractivity contribution in [2.75, 3.05) is 62.6 Å². The minimum atomic E-state index is -5.34. The Morgan fingerprint density at radius 1 is 0.960 bits per heavy atom. The Balaban J connectivity index is 0.922. The highest BCUT2D eigenvalue weighted by atomic mass is 32.1. The van der Waals surface area contributed by atoms with Crippen molar-refractivity contribution in [3.8, 4) is 22.4 Å². The number of hydrogen-bond donors (Lipinski definition) is 3. The van der Waals surface area contributed by atoms with Crippen molar-refractivity contribution in [3.05, 3.63) is 87.9 Å². The van der Waals surface area contributed by atoms with E-state index >= 15 is 4.39 Å². The number of rotatable bonds is 20. The van der Waals surface area contributed by atoms with E-state index in [1.165, 1.54) is 36.2 Å². The molecule has 4 heterocycles. The van der Waals surface area contributed by atoms with Crippen LogP contribution in [0, 0.1) is 29.5 Å². The molecule has 26 heteroatoms. The number of nitrogens with one attached hydrogen (secondary N) is 2. The summed E-state index contributed by atoms with van der Waals surface area (Å²) < 4.78 is 121. The topological polar surface area (TPSA) is 209 Å². The smallest absolute Gasteiger partial charge is 0.421 e. The minimum absolute atomic E-state index is 0.00992. The van der Waals surface area contributed by atoms with Crippen molar-refractivity contribution >= 4 is 63.7 Å². The number of aliphatic hydroxyl groups is 1. The normalized spacial score (nSPS) is 17.3. The number of nitrogens with zero attached hydrogens (tertiary/aromatic N) is 6. The molecule has 0 aliphatic carbocycles. The summed E-state index contributed by atoms with van der Waals surface area (Å²) in [6, 6.07) is 8.81. The fourth-order valence-corrected chi connectivity index (χ4v) is 9.54. The summed E-state index contributed by atoms with van der Waals surface area (Å²) in [6.45, 7) is 8.55. The molecule has 4 aromatic rings. The van der Waals surface area contributed by atoms with Crippen LogP contribution in [0.2, 0.25) is 0 Å². The maximum Gasteiger partial charge on any atom is 0.421 e. The molecular weight excluding hydrogens is 1040 g/mol. The van der Waals surface area contributed by atoms with E-state index in [-0.39, 0.29) is 52.5 Å². The molecule has 6 rings (SSSR count). The van der Waals surface area contributed by atoms with E-state index in [1.54, 1.807) is 26.3 Å². The number of thiazole rings is 1. The molecule has 0 radical (unpaired) electrons. The van der Waals surface area contributed by atoms with Gasteiger partial charge in [0.2, 0.25) is 23.6 Å². The first kappa shape index (κ1) is 57.9. The van der Waals surface area contributed by atoms with Crippen LogP contribution in [-0.2, 0) is 52.3 Å². The number of benzene rings is 2. The van der Waals surface area contributed by atoms with E-state index in [9.17, 15) is 50.6 Å². The number of amides is 4. The van der Waals surface area contributed by atoms with E-state index in [1.807, 2.05) is 31.2 Å². The van der Waals surface area contributed by atoms with Crippen LogP contribution in [0.25, 0.3) is 10.4 Å². The first-order valence-corrected chi connectivity index (χ1v) is 24.4. The number of carbonyl (C=O) groups is 4. The average Bonchev–Trinajstić information content (AvgIpc) is 4.00. The fourth-order valence-electron chi connectivity index (χ4n) is 8.22.